The molecule has 0 atom stereocenters. The van der Waals surface area contributed by atoms with Gasteiger partial charge in [-0.05, 0) is 25.5 Å². The average Bonchev–Trinajstić information content (AvgIpc) is 2.48. The van der Waals surface area contributed by atoms with Gasteiger partial charge in [0.15, 0.2) is 5.78 Å². The Morgan fingerprint density at radius 3 is 2.62 bits per heavy atom. The molecule has 70 valence electrons. The van der Waals surface area contributed by atoms with Crippen molar-refractivity contribution in [3.63, 3.8) is 0 Å². The molecule has 13 heavy (non-hydrogen) atoms. The first-order valence-electron chi connectivity index (χ1n) is 3.91. The van der Waals surface area contributed by atoms with Crippen molar-refractivity contribution in [3.8, 4) is 0 Å². The molecule has 0 unspecified atom stereocenters. The van der Waals surface area contributed by atoms with Gasteiger partial charge in [-0.25, -0.2) is 0 Å². The van der Waals surface area contributed by atoms with Crippen LogP contribution < -0.4 is 0 Å². The Morgan fingerprint density at radius 1 is 1.46 bits per heavy atom. The summed E-state index contributed by atoms with van der Waals surface area (Å²) in [5.41, 5.74) is 0. The van der Waals surface area contributed by atoms with E-state index in [1.165, 1.54) is 18.3 Å². The fourth-order valence-corrected chi connectivity index (χ4v) is 1.83. The predicted molar refractivity (Wildman–Crippen MR) is 50.3 cm³/mol. The summed E-state index contributed by atoms with van der Waals surface area (Å²) in [7, 11) is 0. The number of hydrogen-bond acceptors (Lipinski definition) is 3. The average molecular weight is 198 g/mol. The van der Waals surface area contributed by atoms with E-state index in [4.69, 9.17) is 5.11 Å². The molecule has 0 fully saturated rings. The van der Waals surface area contributed by atoms with Gasteiger partial charge in [-0.1, -0.05) is 0 Å². The number of ketones is 1. The zero-order chi connectivity index (χ0) is 9.84. The van der Waals surface area contributed by atoms with E-state index in [2.05, 4.69) is 0 Å². The Kier molecular flexibility index (Phi) is 3.19. The number of Topliss-reactive ketones (excluding diaryl/α,β-unsaturated/α-hetero) is 1. The highest BCUT2D eigenvalue weighted by atomic mass is 32.1. The number of carboxylic acid groups (broad SMARTS) is 1. The molecule has 0 radical (unpaired) electrons. The molecule has 1 aromatic heterocycles. The van der Waals surface area contributed by atoms with Crippen molar-refractivity contribution >= 4 is 23.1 Å². The fraction of sp³-hybridized carbons (Fsp3) is 0.333. The van der Waals surface area contributed by atoms with Crippen molar-refractivity contribution in [2.45, 2.75) is 19.8 Å². The fourth-order valence-electron chi connectivity index (χ4n) is 0.932. The summed E-state index contributed by atoms with van der Waals surface area (Å²) in [5.74, 6) is -0.774. The molecule has 0 aliphatic rings. The first-order valence-corrected chi connectivity index (χ1v) is 4.72. The van der Waals surface area contributed by atoms with Gasteiger partial charge in [-0.15, -0.1) is 11.3 Å². The van der Waals surface area contributed by atoms with Crippen LogP contribution in [0, 0.1) is 0 Å². The Labute approximate surface area is 80.0 Å². The third-order valence-electron chi connectivity index (χ3n) is 1.59. The second-order valence-electron chi connectivity index (χ2n) is 2.72. The van der Waals surface area contributed by atoms with Crippen molar-refractivity contribution in [3.05, 3.63) is 21.9 Å². The van der Waals surface area contributed by atoms with E-state index in [1.54, 1.807) is 6.07 Å². The van der Waals surface area contributed by atoms with E-state index in [-0.39, 0.29) is 12.2 Å². The lowest BCUT2D eigenvalue weighted by Crippen LogP contribution is -1.95. The third-order valence-corrected chi connectivity index (χ3v) is 2.84. The minimum absolute atomic E-state index is 0.0339. The highest BCUT2D eigenvalue weighted by Crippen LogP contribution is 2.18. The maximum absolute atomic E-state index is 10.9. The SMILES string of the molecule is CC(=O)c1ccc(CCC(=O)O)s1. The molecule has 0 spiro atoms. The van der Waals surface area contributed by atoms with Crippen LogP contribution in [0.5, 0.6) is 0 Å². The number of hydrogen-bond donors (Lipinski definition) is 1. The van der Waals surface area contributed by atoms with Crippen molar-refractivity contribution in [2.75, 3.05) is 0 Å². The van der Waals surface area contributed by atoms with Crippen LogP contribution in [0.25, 0.3) is 0 Å². The van der Waals surface area contributed by atoms with E-state index in [9.17, 15) is 9.59 Å². The third kappa shape index (κ3) is 2.99. The number of aliphatic carboxylic acids is 1. The summed E-state index contributed by atoms with van der Waals surface area (Å²) >= 11 is 1.37. The second kappa shape index (κ2) is 4.18. The number of aryl methyl sites for hydroxylation is 1. The highest BCUT2D eigenvalue weighted by molar-refractivity contribution is 7.14. The van der Waals surface area contributed by atoms with E-state index < -0.39 is 5.97 Å². The van der Waals surface area contributed by atoms with Gasteiger partial charge < -0.3 is 5.11 Å². The maximum Gasteiger partial charge on any atom is 0.303 e. The van der Waals surface area contributed by atoms with E-state index >= 15 is 0 Å². The lowest BCUT2D eigenvalue weighted by atomic mass is 10.2. The topological polar surface area (TPSA) is 54.4 Å². The van der Waals surface area contributed by atoms with Crippen LogP contribution >= 0.6 is 11.3 Å². The predicted octanol–water partition coefficient (Wildman–Crippen LogP) is 1.97. The van der Waals surface area contributed by atoms with Gasteiger partial charge in [0, 0.05) is 4.88 Å². The summed E-state index contributed by atoms with van der Waals surface area (Å²) in [6.45, 7) is 1.51. The van der Waals surface area contributed by atoms with E-state index in [0.29, 0.717) is 11.3 Å². The normalized spacial score (nSPS) is 9.92. The van der Waals surface area contributed by atoms with E-state index in [1.807, 2.05) is 6.07 Å². The second-order valence-corrected chi connectivity index (χ2v) is 3.88. The van der Waals surface area contributed by atoms with Gasteiger partial charge in [-0.3, -0.25) is 9.59 Å². The first kappa shape index (κ1) is 9.92. The Bertz CT molecular complexity index is 327. The van der Waals surface area contributed by atoms with Crippen LogP contribution in [0.15, 0.2) is 12.1 Å². The molecule has 0 saturated heterocycles. The smallest absolute Gasteiger partial charge is 0.303 e. The molecule has 0 bridgehead atoms. The summed E-state index contributed by atoms with van der Waals surface area (Å²) in [5, 5.41) is 8.43. The summed E-state index contributed by atoms with van der Waals surface area (Å²) in [6.07, 6.45) is 0.630. The lowest BCUT2D eigenvalue weighted by Gasteiger charge is -1.90. The molecule has 0 aliphatic carbocycles. The van der Waals surface area contributed by atoms with Crippen molar-refractivity contribution in [1.29, 1.82) is 0 Å². The highest BCUT2D eigenvalue weighted by Gasteiger charge is 2.05. The van der Waals surface area contributed by atoms with Gasteiger partial charge in [0.25, 0.3) is 0 Å². The van der Waals surface area contributed by atoms with Crippen LogP contribution in [-0.4, -0.2) is 16.9 Å². The minimum Gasteiger partial charge on any atom is -0.481 e. The molecule has 3 nitrogen and oxygen atoms in total. The van der Waals surface area contributed by atoms with Crippen molar-refractivity contribution in [2.24, 2.45) is 0 Å². The summed E-state index contributed by atoms with van der Waals surface area (Å²) in [4.78, 5) is 22.8. The van der Waals surface area contributed by atoms with Crippen LogP contribution in [0.2, 0.25) is 0 Å². The lowest BCUT2D eigenvalue weighted by molar-refractivity contribution is -0.136. The zero-order valence-electron chi connectivity index (χ0n) is 7.24. The van der Waals surface area contributed by atoms with Gasteiger partial charge in [0.05, 0.1) is 11.3 Å². The standard InChI is InChI=1S/C9H10O3S/c1-6(10)8-4-2-7(13-8)3-5-9(11)12/h2,4H,3,5H2,1H3,(H,11,12). The van der Waals surface area contributed by atoms with Crippen molar-refractivity contribution in [1.82, 2.24) is 0 Å². The summed E-state index contributed by atoms with van der Waals surface area (Å²) in [6, 6.07) is 3.55. The monoisotopic (exact) mass is 198 g/mol. The number of carbonyl (C=O) groups is 2. The maximum atomic E-state index is 10.9. The molecule has 0 aromatic carbocycles. The van der Waals surface area contributed by atoms with Crippen LogP contribution in [0.3, 0.4) is 0 Å². The van der Waals surface area contributed by atoms with Crippen molar-refractivity contribution < 1.29 is 14.7 Å². The number of carboxylic acids is 1. The minimum atomic E-state index is -0.808. The molecule has 0 saturated carbocycles. The largest absolute Gasteiger partial charge is 0.481 e. The molecule has 1 aromatic rings. The van der Waals surface area contributed by atoms with E-state index in [0.717, 1.165) is 4.88 Å². The molecule has 0 aliphatic heterocycles. The Balaban J connectivity index is 2.59. The van der Waals surface area contributed by atoms with Gasteiger partial charge in [0.2, 0.25) is 0 Å². The van der Waals surface area contributed by atoms with Crippen LogP contribution in [-0.2, 0) is 11.2 Å². The first-order chi connectivity index (χ1) is 6.09. The molecular formula is C9H10O3S. The quantitative estimate of drug-likeness (QED) is 0.752. The molecular weight excluding hydrogens is 188 g/mol. The van der Waals surface area contributed by atoms with Gasteiger partial charge in [0.1, 0.15) is 0 Å². The molecule has 1 heterocycles. The molecule has 1 N–H and O–H groups in total. The molecule has 1 rings (SSSR count). The van der Waals surface area contributed by atoms with Crippen LogP contribution in [0.1, 0.15) is 27.9 Å². The summed E-state index contributed by atoms with van der Waals surface area (Å²) < 4.78 is 0. The Morgan fingerprint density at radius 2 is 2.15 bits per heavy atom. The molecule has 4 heteroatoms. The number of thiophene rings is 1. The van der Waals surface area contributed by atoms with Crippen LogP contribution in [0.4, 0.5) is 0 Å². The molecule has 0 amide bonds. The van der Waals surface area contributed by atoms with Gasteiger partial charge >= 0.3 is 5.97 Å². The number of carbonyl (C=O) groups excluding carboxylic acids is 1. The number of rotatable bonds is 4. The Hall–Kier alpha value is -1.16. The zero-order valence-corrected chi connectivity index (χ0v) is 8.06. The van der Waals surface area contributed by atoms with Gasteiger partial charge in [-0.2, -0.15) is 0 Å².